The molecule has 3 aromatic rings. The lowest BCUT2D eigenvalue weighted by Crippen LogP contribution is -2.41. The molecule has 0 bridgehead atoms. The number of amides is 1. The number of methoxy groups -OCH3 is 1. The van der Waals surface area contributed by atoms with Gasteiger partial charge < -0.3 is 30.5 Å². The minimum absolute atomic E-state index is 0.00762. The van der Waals surface area contributed by atoms with Gasteiger partial charge in [0.25, 0.3) is 5.91 Å². The third-order valence-corrected chi connectivity index (χ3v) is 5.74. The van der Waals surface area contributed by atoms with Crippen LogP contribution in [0.4, 0.5) is 0 Å². The number of carbonyl (C=O) groups is 2. The molecule has 0 spiro atoms. The summed E-state index contributed by atoms with van der Waals surface area (Å²) in [5, 5.41) is 46.4. The van der Waals surface area contributed by atoms with E-state index in [-0.39, 0.29) is 35.1 Å². The fourth-order valence-electron chi connectivity index (χ4n) is 3.72. The summed E-state index contributed by atoms with van der Waals surface area (Å²) >= 11 is 0. The van der Waals surface area contributed by atoms with Crippen molar-refractivity contribution in [3.05, 3.63) is 89.9 Å². The Morgan fingerprint density at radius 3 is 2.39 bits per heavy atom. The molecule has 0 aliphatic heterocycles. The van der Waals surface area contributed by atoms with Crippen LogP contribution in [-0.2, 0) is 4.79 Å². The van der Waals surface area contributed by atoms with E-state index in [0.29, 0.717) is 28.1 Å². The second kappa shape index (κ2) is 11.8. The van der Waals surface area contributed by atoms with Crippen molar-refractivity contribution in [2.45, 2.75) is 26.3 Å². The van der Waals surface area contributed by atoms with Gasteiger partial charge in [0.15, 0.2) is 5.69 Å². The first-order valence-corrected chi connectivity index (χ1v) is 11.6. The number of aromatic nitrogens is 2. The standard InChI is InChI=1S/C28H29N3O7/c1-5-19(32)9-6-16(2)14-22(28(36)37)29-27(35)25-17(3)26(18-7-11-21(38-4)12-8-18)31(30-25)23-13-10-20(33)15-24(23)34/h5-13,15,22,32-34H,2,14H2,1,3-4H3,(H,29,35)(H,36,37)/b9-6-,19-5+/t22-/m0/s1. The van der Waals surface area contributed by atoms with Crippen LogP contribution in [0.25, 0.3) is 16.9 Å². The Balaban J connectivity index is 2.02. The third kappa shape index (κ3) is 6.22. The first kappa shape index (κ1) is 27.6. The van der Waals surface area contributed by atoms with Gasteiger partial charge in [0.2, 0.25) is 0 Å². The predicted octanol–water partition coefficient (Wildman–Crippen LogP) is 4.41. The molecule has 1 atom stereocenters. The minimum Gasteiger partial charge on any atom is -0.508 e. The Kier molecular flexibility index (Phi) is 8.59. The van der Waals surface area contributed by atoms with Crippen LogP contribution in [0.15, 0.2) is 78.6 Å². The van der Waals surface area contributed by atoms with Crippen LogP contribution in [0.5, 0.6) is 17.2 Å². The van der Waals surface area contributed by atoms with E-state index in [1.165, 1.54) is 42.2 Å². The van der Waals surface area contributed by atoms with Crippen molar-refractivity contribution in [3.63, 3.8) is 0 Å². The number of carboxylic acids is 1. The molecule has 0 fully saturated rings. The SMILES string of the molecule is C=C(/C=C\C(O)=C/C)C[C@H](NC(=O)c1nn(-c2ccc(O)cc2O)c(-c2ccc(OC)cc2)c1C)C(=O)O. The molecular weight excluding hydrogens is 490 g/mol. The van der Waals surface area contributed by atoms with E-state index >= 15 is 0 Å². The van der Waals surface area contributed by atoms with Gasteiger partial charge in [-0.25, -0.2) is 9.48 Å². The summed E-state index contributed by atoms with van der Waals surface area (Å²) in [7, 11) is 1.54. The number of hydrogen-bond acceptors (Lipinski definition) is 7. The number of hydrogen-bond donors (Lipinski definition) is 5. The largest absolute Gasteiger partial charge is 0.508 e. The number of aliphatic hydroxyl groups is 1. The van der Waals surface area contributed by atoms with Crippen molar-refractivity contribution in [2.75, 3.05) is 7.11 Å². The molecule has 5 N–H and O–H groups in total. The van der Waals surface area contributed by atoms with E-state index in [9.17, 15) is 30.0 Å². The van der Waals surface area contributed by atoms with Gasteiger partial charge in [-0.15, -0.1) is 0 Å². The Morgan fingerprint density at radius 2 is 1.82 bits per heavy atom. The van der Waals surface area contributed by atoms with Crippen molar-refractivity contribution in [3.8, 4) is 34.2 Å². The number of carboxylic acid groups (broad SMARTS) is 1. The van der Waals surface area contributed by atoms with E-state index in [0.717, 1.165) is 6.07 Å². The summed E-state index contributed by atoms with van der Waals surface area (Å²) in [6.07, 6.45) is 4.19. The lowest BCUT2D eigenvalue weighted by Gasteiger charge is -2.14. The zero-order valence-corrected chi connectivity index (χ0v) is 21.2. The molecule has 3 rings (SSSR count). The van der Waals surface area contributed by atoms with Gasteiger partial charge in [-0.3, -0.25) is 4.79 Å². The number of nitrogens with one attached hydrogen (secondary N) is 1. The molecule has 0 saturated heterocycles. The number of allylic oxidation sites excluding steroid dienone is 3. The zero-order chi connectivity index (χ0) is 28.0. The summed E-state index contributed by atoms with van der Waals surface area (Å²) in [6.45, 7) is 7.09. The van der Waals surface area contributed by atoms with Crippen molar-refractivity contribution in [2.24, 2.45) is 0 Å². The quantitative estimate of drug-likeness (QED) is 0.195. The highest BCUT2D eigenvalue weighted by molar-refractivity contribution is 5.98. The summed E-state index contributed by atoms with van der Waals surface area (Å²) in [5.74, 6) is -1.83. The molecule has 0 unspecified atom stereocenters. The normalized spacial score (nSPS) is 12.3. The summed E-state index contributed by atoms with van der Waals surface area (Å²) in [4.78, 5) is 25.2. The van der Waals surface area contributed by atoms with E-state index in [4.69, 9.17) is 4.74 Å². The van der Waals surface area contributed by atoms with Crippen LogP contribution >= 0.6 is 0 Å². The maximum Gasteiger partial charge on any atom is 0.326 e. The summed E-state index contributed by atoms with van der Waals surface area (Å²) in [6, 6.07) is 9.63. The number of ether oxygens (including phenoxy) is 1. The Bertz CT molecular complexity index is 1420. The number of rotatable bonds is 10. The first-order valence-electron chi connectivity index (χ1n) is 11.6. The molecule has 38 heavy (non-hydrogen) atoms. The number of phenols is 2. The number of aliphatic hydroxyl groups excluding tert-OH is 1. The Morgan fingerprint density at radius 1 is 1.13 bits per heavy atom. The molecule has 198 valence electrons. The lowest BCUT2D eigenvalue weighted by atomic mass is 10.0. The minimum atomic E-state index is -1.32. The molecule has 2 aromatic carbocycles. The highest BCUT2D eigenvalue weighted by atomic mass is 16.5. The molecule has 1 amide bonds. The van der Waals surface area contributed by atoms with Gasteiger partial charge in [0, 0.05) is 23.6 Å². The van der Waals surface area contributed by atoms with Crippen LogP contribution in [-0.4, -0.2) is 55.2 Å². The maximum absolute atomic E-state index is 13.3. The van der Waals surface area contributed by atoms with E-state index in [2.05, 4.69) is 17.0 Å². The van der Waals surface area contributed by atoms with Crippen LogP contribution < -0.4 is 10.1 Å². The monoisotopic (exact) mass is 519 g/mol. The van der Waals surface area contributed by atoms with Gasteiger partial charge in [-0.2, -0.15) is 5.10 Å². The molecule has 0 saturated carbocycles. The summed E-state index contributed by atoms with van der Waals surface area (Å²) in [5.41, 5.74) is 2.08. The van der Waals surface area contributed by atoms with Gasteiger partial charge in [-0.1, -0.05) is 18.2 Å². The highest BCUT2D eigenvalue weighted by Gasteiger charge is 2.27. The molecule has 1 aromatic heterocycles. The predicted molar refractivity (Wildman–Crippen MR) is 142 cm³/mol. The number of aliphatic carboxylic acids is 1. The Labute approximate surface area is 219 Å². The molecule has 10 nitrogen and oxygen atoms in total. The van der Waals surface area contributed by atoms with Gasteiger partial charge in [0.1, 0.15) is 34.7 Å². The van der Waals surface area contributed by atoms with Gasteiger partial charge in [0.05, 0.1) is 12.8 Å². The molecular formula is C28H29N3O7. The fraction of sp³-hybridized carbons (Fsp3) is 0.179. The van der Waals surface area contributed by atoms with Crippen LogP contribution in [0.1, 0.15) is 29.4 Å². The van der Waals surface area contributed by atoms with Crippen molar-refractivity contribution in [1.29, 1.82) is 0 Å². The van der Waals surface area contributed by atoms with Crippen molar-refractivity contribution < 1.29 is 34.8 Å². The average Bonchev–Trinajstić information content (AvgIpc) is 3.23. The Hall–Kier alpha value is -4.99. The van der Waals surface area contributed by atoms with Crippen LogP contribution in [0, 0.1) is 6.92 Å². The third-order valence-electron chi connectivity index (χ3n) is 5.74. The topological polar surface area (TPSA) is 154 Å². The summed E-state index contributed by atoms with van der Waals surface area (Å²) < 4.78 is 6.58. The van der Waals surface area contributed by atoms with Crippen molar-refractivity contribution >= 4 is 11.9 Å². The second-order valence-corrected chi connectivity index (χ2v) is 8.41. The van der Waals surface area contributed by atoms with Crippen molar-refractivity contribution in [1.82, 2.24) is 15.1 Å². The number of nitrogens with zero attached hydrogens (tertiary/aromatic N) is 2. The number of carbonyl (C=O) groups excluding carboxylic acids is 1. The molecule has 1 heterocycles. The molecule has 0 aliphatic rings. The number of phenolic OH excluding ortho intramolecular Hbond substituents is 2. The molecule has 0 radical (unpaired) electrons. The highest BCUT2D eigenvalue weighted by Crippen LogP contribution is 2.34. The van der Waals surface area contributed by atoms with Crippen LogP contribution in [0.2, 0.25) is 0 Å². The van der Waals surface area contributed by atoms with Crippen LogP contribution in [0.3, 0.4) is 0 Å². The zero-order valence-electron chi connectivity index (χ0n) is 21.2. The van der Waals surface area contributed by atoms with E-state index in [1.807, 2.05) is 0 Å². The lowest BCUT2D eigenvalue weighted by molar-refractivity contribution is -0.139. The second-order valence-electron chi connectivity index (χ2n) is 8.41. The fourth-order valence-corrected chi connectivity index (χ4v) is 3.72. The smallest absolute Gasteiger partial charge is 0.326 e. The number of aromatic hydroxyl groups is 2. The molecule has 0 aliphatic carbocycles. The van der Waals surface area contributed by atoms with Gasteiger partial charge in [-0.05, 0) is 62.4 Å². The van der Waals surface area contributed by atoms with E-state index in [1.54, 1.807) is 38.1 Å². The van der Waals surface area contributed by atoms with Gasteiger partial charge >= 0.3 is 5.97 Å². The first-order chi connectivity index (χ1) is 18.0. The number of benzene rings is 2. The van der Waals surface area contributed by atoms with E-state index < -0.39 is 17.9 Å². The maximum atomic E-state index is 13.3. The molecule has 10 heteroatoms. The average molecular weight is 520 g/mol.